The van der Waals surface area contributed by atoms with Gasteiger partial charge in [-0.3, -0.25) is 9.69 Å². The minimum absolute atomic E-state index is 0.136. The van der Waals surface area contributed by atoms with E-state index in [1.54, 1.807) is 6.21 Å². The molecule has 3 aromatic carbocycles. The molecule has 154 valence electrons. The zero-order valence-corrected chi connectivity index (χ0v) is 17.5. The van der Waals surface area contributed by atoms with Crippen molar-refractivity contribution >= 4 is 17.8 Å². The van der Waals surface area contributed by atoms with E-state index in [-0.39, 0.29) is 12.5 Å². The van der Waals surface area contributed by atoms with Crippen LogP contribution >= 0.6 is 0 Å². The average molecular weight is 401 g/mol. The first-order valence-corrected chi connectivity index (χ1v) is 9.99. The van der Waals surface area contributed by atoms with Crippen LogP contribution < -0.4 is 10.3 Å². The Morgan fingerprint density at radius 1 is 0.833 bits per heavy atom. The summed E-state index contributed by atoms with van der Waals surface area (Å²) in [6.07, 6.45) is 1.66. The highest BCUT2D eigenvalue weighted by Gasteiger charge is 2.12. The summed E-state index contributed by atoms with van der Waals surface area (Å²) in [7, 11) is 4.00. The minimum Gasteiger partial charge on any atom is -0.378 e. The Hall–Kier alpha value is -3.44. The molecular formula is C25H28N4O. The second-order valence-corrected chi connectivity index (χ2v) is 7.40. The first kappa shape index (κ1) is 21.3. The van der Waals surface area contributed by atoms with Crippen LogP contribution in [0.25, 0.3) is 0 Å². The molecule has 0 atom stereocenters. The predicted octanol–water partition coefficient (Wildman–Crippen LogP) is 3.91. The van der Waals surface area contributed by atoms with Gasteiger partial charge in [0.25, 0.3) is 5.91 Å². The van der Waals surface area contributed by atoms with Crippen molar-refractivity contribution in [2.45, 2.75) is 13.1 Å². The monoisotopic (exact) mass is 400 g/mol. The fraction of sp³-hybridized carbons (Fsp3) is 0.200. The van der Waals surface area contributed by atoms with Gasteiger partial charge >= 0.3 is 0 Å². The highest BCUT2D eigenvalue weighted by molar-refractivity contribution is 5.83. The molecule has 0 aliphatic carbocycles. The molecule has 0 aromatic heterocycles. The second kappa shape index (κ2) is 10.9. The minimum atomic E-state index is -0.136. The van der Waals surface area contributed by atoms with Gasteiger partial charge in [0, 0.05) is 32.9 Å². The molecule has 3 aromatic rings. The van der Waals surface area contributed by atoms with Crippen LogP contribution in [-0.2, 0) is 17.9 Å². The number of hydrazone groups is 1. The van der Waals surface area contributed by atoms with Crippen LogP contribution in [0.1, 0.15) is 16.7 Å². The number of carbonyl (C=O) groups is 1. The molecule has 0 bridgehead atoms. The fourth-order valence-corrected chi connectivity index (χ4v) is 3.13. The molecule has 0 fully saturated rings. The van der Waals surface area contributed by atoms with E-state index in [0.29, 0.717) is 13.1 Å². The van der Waals surface area contributed by atoms with Gasteiger partial charge in [0.2, 0.25) is 0 Å². The normalized spacial score (nSPS) is 11.0. The Labute approximate surface area is 178 Å². The maximum Gasteiger partial charge on any atom is 0.254 e. The van der Waals surface area contributed by atoms with Gasteiger partial charge in [-0.1, -0.05) is 72.8 Å². The van der Waals surface area contributed by atoms with Crippen LogP contribution in [0.4, 0.5) is 5.69 Å². The van der Waals surface area contributed by atoms with Gasteiger partial charge in [-0.2, -0.15) is 5.10 Å². The molecule has 1 N–H and O–H groups in total. The Balaban J connectivity index is 1.59. The van der Waals surface area contributed by atoms with E-state index in [9.17, 15) is 4.79 Å². The fourth-order valence-electron chi connectivity index (χ4n) is 3.13. The molecule has 0 saturated carbocycles. The summed E-state index contributed by atoms with van der Waals surface area (Å²) in [5.74, 6) is -0.136. The van der Waals surface area contributed by atoms with Gasteiger partial charge in [0.1, 0.15) is 0 Å². The molecule has 0 heterocycles. The Kier molecular flexibility index (Phi) is 7.75. The highest BCUT2D eigenvalue weighted by atomic mass is 16.2. The number of rotatable bonds is 9. The summed E-state index contributed by atoms with van der Waals surface area (Å²) in [6.45, 7) is 1.65. The molecule has 3 rings (SSSR count). The van der Waals surface area contributed by atoms with E-state index >= 15 is 0 Å². The Bertz CT molecular complexity index is 896. The lowest BCUT2D eigenvalue weighted by Gasteiger charge is -2.21. The highest BCUT2D eigenvalue weighted by Crippen LogP contribution is 2.11. The van der Waals surface area contributed by atoms with E-state index in [2.05, 4.69) is 39.7 Å². The number of hydrogen-bond acceptors (Lipinski definition) is 4. The number of amides is 1. The van der Waals surface area contributed by atoms with Crippen molar-refractivity contribution in [1.82, 2.24) is 10.3 Å². The van der Waals surface area contributed by atoms with Crippen LogP contribution in [0.3, 0.4) is 0 Å². The summed E-state index contributed by atoms with van der Waals surface area (Å²) in [5.41, 5.74) is 7.05. The molecule has 0 unspecified atom stereocenters. The van der Waals surface area contributed by atoms with E-state index in [1.165, 1.54) is 11.1 Å². The number of nitrogens with zero attached hydrogens (tertiary/aromatic N) is 3. The van der Waals surface area contributed by atoms with Crippen LogP contribution in [0.5, 0.6) is 0 Å². The molecule has 1 amide bonds. The number of nitrogens with one attached hydrogen (secondary N) is 1. The molecule has 0 aliphatic rings. The number of carbonyl (C=O) groups excluding carboxylic acids is 1. The molecule has 5 heteroatoms. The van der Waals surface area contributed by atoms with Crippen LogP contribution in [0.15, 0.2) is 90.0 Å². The van der Waals surface area contributed by atoms with E-state index < -0.39 is 0 Å². The third kappa shape index (κ3) is 6.87. The maximum absolute atomic E-state index is 12.5. The van der Waals surface area contributed by atoms with Crippen molar-refractivity contribution < 1.29 is 4.79 Å². The molecule has 5 nitrogen and oxygen atoms in total. The zero-order valence-electron chi connectivity index (χ0n) is 17.5. The van der Waals surface area contributed by atoms with Gasteiger partial charge in [0.05, 0.1) is 12.8 Å². The van der Waals surface area contributed by atoms with Gasteiger partial charge in [-0.05, 0) is 28.8 Å². The third-order valence-electron chi connectivity index (χ3n) is 4.68. The quantitative estimate of drug-likeness (QED) is 0.438. The first-order chi connectivity index (χ1) is 14.6. The van der Waals surface area contributed by atoms with Crippen molar-refractivity contribution in [2.75, 3.05) is 25.5 Å². The molecule has 30 heavy (non-hydrogen) atoms. The van der Waals surface area contributed by atoms with Gasteiger partial charge in [0.15, 0.2) is 0 Å². The summed E-state index contributed by atoms with van der Waals surface area (Å²) in [4.78, 5) is 16.6. The zero-order chi connectivity index (χ0) is 21.2. The van der Waals surface area contributed by atoms with E-state index in [1.807, 2.05) is 79.7 Å². The topological polar surface area (TPSA) is 47.9 Å². The largest absolute Gasteiger partial charge is 0.378 e. The average Bonchev–Trinajstić information content (AvgIpc) is 2.75. The number of hydrogen-bond donors (Lipinski definition) is 1. The van der Waals surface area contributed by atoms with Gasteiger partial charge in [-0.25, -0.2) is 5.43 Å². The van der Waals surface area contributed by atoms with Crippen molar-refractivity contribution in [3.05, 3.63) is 102 Å². The smallest absolute Gasteiger partial charge is 0.254 e. The standard InChI is InChI=1S/C25H28N4O/c1-28(2)24-15-13-21(14-16-24)17-26-27-25(30)20-29(18-22-9-5-3-6-10-22)19-23-11-7-4-8-12-23/h3-17H,18-20H2,1-2H3,(H,27,30). The summed E-state index contributed by atoms with van der Waals surface area (Å²) in [5, 5.41) is 4.12. The van der Waals surface area contributed by atoms with Gasteiger partial charge < -0.3 is 4.90 Å². The third-order valence-corrected chi connectivity index (χ3v) is 4.68. The first-order valence-electron chi connectivity index (χ1n) is 9.99. The summed E-state index contributed by atoms with van der Waals surface area (Å²) < 4.78 is 0. The molecule has 0 saturated heterocycles. The Morgan fingerprint density at radius 2 is 1.37 bits per heavy atom. The molecule has 0 radical (unpaired) electrons. The van der Waals surface area contributed by atoms with E-state index in [4.69, 9.17) is 0 Å². The van der Waals surface area contributed by atoms with E-state index in [0.717, 1.165) is 11.3 Å². The lowest BCUT2D eigenvalue weighted by molar-refractivity contribution is -0.122. The molecule has 0 spiro atoms. The van der Waals surface area contributed by atoms with Crippen LogP contribution in [-0.4, -0.2) is 37.7 Å². The Morgan fingerprint density at radius 3 is 1.87 bits per heavy atom. The van der Waals surface area contributed by atoms with Crippen molar-refractivity contribution in [1.29, 1.82) is 0 Å². The second-order valence-electron chi connectivity index (χ2n) is 7.40. The maximum atomic E-state index is 12.5. The summed E-state index contributed by atoms with van der Waals surface area (Å²) >= 11 is 0. The van der Waals surface area contributed by atoms with Crippen molar-refractivity contribution in [3.8, 4) is 0 Å². The van der Waals surface area contributed by atoms with Crippen molar-refractivity contribution in [2.24, 2.45) is 5.10 Å². The molecule has 0 aliphatic heterocycles. The number of anilines is 1. The van der Waals surface area contributed by atoms with Crippen LogP contribution in [0.2, 0.25) is 0 Å². The van der Waals surface area contributed by atoms with Crippen LogP contribution in [0, 0.1) is 0 Å². The SMILES string of the molecule is CN(C)c1ccc(C=NNC(=O)CN(Cc2ccccc2)Cc2ccccc2)cc1. The van der Waals surface area contributed by atoms with Gasteiger partial charge in [-0.15, -0.1) is 0 Å². The number of benzene rings is 3. The molecular weight excluding hydrogens is 372 g/mol. The lowest BCUT2D eigenvalue weighted by Crippen LogP contribution is -2.34. The lowest BCUT2D eigenvalue weighted by atomic mass is 10.1. The summed E-state index contributed by atoms with van der Waals surface area (Å²) in [6, 6.07) is 28.3. The predicted molar refractivity (Wildman–Crippen MR) is 124 cm³/mol. The van der Waals surface area contributed by atoms with Crippen molar-refractivity contribution in [3.63, 3.8) is 0 Å².